The number of hydrogen-bond acceptors (Lipinski definition) is 10. The summed E-state index contributed by atoms with van der Waals surface area (Å²) in [5.74, 6) is 1.65. The van der Waals surface area contributed by atoms with Gasteiger partial charge in [-0.3, -0.25) is 9.97 Å². The number of aromatic nitrogens is 4. The maximum Gasteiger partial charge on any atom is 0.213 e. The Bertz CT molecular complexity index is 1380. The number of ether oxygens (including phenoxy) is 6. The first-order valence-corrected chi connectivity index (χ1v) is 15.3. The van der Waals surface area contributed by atoms with Crippen molar-refractivity contribution in [3.05, 3.63) is 84.2 Å². The van der Waals surface area contributed by atoms with Crippen LogP contribution in [0.4, 0.5) is 0 Å². The van der Waals surface area contributed by atoms with Crippen LogP contribution in [-0.2, 0) is 18.9 Å². The molecule has 2 atom stereocenters. The number of hydrogen-bond donors (Lipinski definition) is 0. The summed E-state index contributed by atoms with van der Waals surface area (Å²) in [5.41, 5.74) is 5.30. The lowest BCUT2D eigenvalue weighted by molar-refractivity contribution is -0.00720. The van der Waals surface area contributed by atoms with E-state index in [0.717, 1.165) is 47.0 Å². The fourth-order valence-corrected chi connectivity index (χ4v) is 5.26. The molecule has 44 heavy (non-hydrogen) atoms. The van der Waals surface area contributed by atoms with E-state index in [1.807, 2.05) is 48.5 Å². The van der Waals surface area contributed by atoms with Gasteiger partial charge in [-0.2, -0.15) is 0 Å². The molecule has 0 aromatic carbocycles. The third kappa shape index (κ3) is 8.15. The molecular formula is C34H38N4O6. The molecule has 0 radical (unpaired) electrons. The summed E-state index contributed by atoms with van der Waals surface area (Å²) < 4.78 is 34.1. The summed E-state index contributed by atoms with van der Waals surface area (Å²) in [4.78, 5) is 19.5. The zero-order valence-corrected chi connectivity index (χ0v) is 24.8. The van der Waals surface area contributed by atoms with Gasteiger partial charge in [0.1, 0.15) is 13.2 Å². The van der Waals surface area contributed by atoms with E-state index in [2.05, 4.69) is 24.3 Å². The molecule has 0 N–H and O–H groups in total. The van der Waals surface area contributed by atoms with Crippen molar-refractivity contribution in [1.82, 2.24) is 19.9 Å². The van der Waals surface area contributed by atoms with Crippen molar-refractivity contribution in [3.8, 4) is 34.5 Å². The van der Waals surface area contributed by atoms with Gasteiger partial charge in [-0.15, -0.1) is 0 Å². The van der Waals surface area contributed by atoms with E-state index in [9.17, 15) is 0 Å². The summed E-state index contributed by atoms with van der Waals surface area (Å²) in [6.45, 7) is 4.62. The molecule has 10 heteroatoms. The van der Waals surface area contributed by atoms with E-state index < -0.39 is 0 Å². The molecule has 8 bridgehead atoms. The lowest BCUT2D eigenvalue weighted by Crippen LogP contribution is -2.24. The van der Waals surface area contributed by atoms with Crippen molar-refractivity contribution >= 4 is 0 Å². The van der Waals surface area contributed by atoms with Gasteiger partial charge >= 0.3 is 0 Å². The molecule has 1 fully saturated rings. The van der Waals surface area contributed by atoms with Gasteiger partial charge in [0.2, 0.25) is 11.8 Å². The second-order valence-corrected chi connectivity index (χ2v) is 10.6. The van der Waals surface area contributed by atoms with Crippen LogP contribution in [0.25, 0.3) is 22.8 Å². The maximum atomic E-state index is 5.85. The highest BCUT2D eigenvalue weighted by atomic mass is 16.6. The van der Waals surface area contributed by atoms with Crippen LogP contribution in [-0.4, -0.2) is 86.0 Å². The minimum absolute atomic E-state index is 0.284. The highest BCUT2D eigenvalue weighted by molar-refractivity contribution is 5.56. The third-order valence-corrected chi connectivity index (χ3v) is 7.62. The number of fused-ring (bicyclic) bond motifs is 13. The zero-order valence-electron chi connectivity index (χ0n) is 24.8. The second kappa shape index (κ2) is 15.7. The van der Waals surface area contributed by atoms with E-state index in [4.69, 9.17) is 48.4 Å². The first kappa shape index (κ1) is 30.1. The Morgan fingerprint density at radius 2 is 0.727 bits per heavy atom. The molecule has 0 spiro atoms. The van der Waals surface area contributed by atoms with Crippen molar-refractivity contribution < 1.29 is 28.4 Å². The van der Waals surface area contributed by atoms with Crippen LogP contribution in [0.5, 0.6) is 11.8 Å². The molecule has 4 aromatic heterocycles. The monoisotopic (exact) mass is 598 g/mol. The van der Waals surface area contributed by atoms with Crippen molar-refractivity contribution in [2.45, 2.75) is 24.7 Å². The smallest absolute Gasteiger partial charge is 0.213 e. The van der Waals surface area contributed by atoms with Gasteiger partial charge in [-0.05, 0) is 49.2 Å². The molecule has 1 aliphatic heterocycles. The molecule has 1 aliphatic carbocycles. The quantitative estimate of drug-likeness (QED) is 0.271. The Kier molecular flexibility index (Phi) is 10.7. The number of nitrogens with zero attached hydrogens (tertiary/aromatic N) is 4. The average Bonchev–Trinajstić information content (AvgIpc) is 3.04. The second-order valence-electron chi connectivity index (χ2n) is 10.6. The van der Waals surface area contributed by atoms with Crippen molar-refractivity contribution in [3.63, 3.8) is 0 Å². The molecule has 5 heterocycles. The van der Waals surface area contributed by atoms with Crippen LogP contribution >= 0.6 is 0 Å². The largest absolute Gasteiger partial charge is 0.475 e. The molecule has 0 saturated heterocycles. The van der Waals surface area contributed by atoms with Gasteiger partial charge in [-0.25, -0.2) is 9.97 Å². The number of pyridine rings is 4. The topological polar surface area (TPSA) is 107 Å². The van der Waals surface area contributed by atoms with Crippen LogP contribution in [0.1, 0.15) is 36.1 Å². The Labute approximate surface area is 257 Å². The Balaban J connectivity index is 1.18. The van der Waals surface area contributed by atoms with Crippen LogP contribution in [0.15, 0.2) is 72.8 Å². The summed E-state index contributed by atoms with van der Waals surface area (Å²) in [5, 5.41) is 0. The molecule has 4 aromatic rings. The van der Waals surface area contributed by atoms with E-state index >= 15 is 0 Å². The summed E-state index contributed by atoms with van der Waals surface area (Å²) >= 11 is 0. The SMILES string of the molecule is c1cc2nc(c1)-c1cccc(n1)C1CCC1c1cccc(n1)-c1cccc(n1)OCCOCCOCCOCCOCCO2. The summed E-state index contributed by atoms with van der Waals surface area (Å²) in [6, 6.07) is 23.8. The highest BCUT2D eigenvalue weighted by Gasteiger charge is 2.35. The number of rotatable bonds is 0. The van der Waals surface area contributed by atoms with Gasteiger partial charge in [0, 0.05) is 35.4 Å². The van der Waals surface area contributed by atoms with Gasteiger partial charge in [0.05, 0.1) is 75.6 Å². The fraction of sp³-hybridized carbons (Fsp3) is 0.412. The normalized spacial score (nSPS) is 20.5. The molecule has 1 saturated carbocycles. The van der Waals surface area contributed by atoms with Crippen LogP contribution in [0.2, 0.25) is 0 Å². The third-order valence-electron chi connectivity index (χ3n) is 7.62. The summed E-state index contributed by atoms with van der Waals surface area (Å²) in [6.07, 6.45) is 2.12. The van der Waals surface area contributed by atoms with Gasteiger partial charge in [0.25, 0.3) is 0 Å². The van der Waals surface area contributed by atoms with Gasteiger partial charge < -0.3 is 28.4 Å². The molecule has 0 amide bonds. The highest BCUT2D eigenvalue weighted by Crippen LogP contribution is 2.48. The van der Waals surface area contributed by atoms with E-state index in [1.54, 1.807) is 0 Å². The molecule has 10 nitrogen and oxygen atoms in total. The van der Waals surface area contributed by atoms with Crippen molar-refractivity contribution in [2.75, 3.05) is 66.1 Å². The van der Waals surface area contributed by atoms with E-state index in [-0.39, 0.29) is 11.8 Å². The van der Waals surface area contributed by atoms with Crippen molar-refractivity contribution in [1.29, 1.82) is 0 Å². The molecule has 2 unspecified atom stereocenters. The molecular weight excluding hydrogens is 560 g/mol. The van der Waals surface area contributed by atoms with Gasteiger partial charge in [-0.1, -0.05) is 24.3 Å². The average molecular weight is 599 g/mol. The maximum absolute atomic E-state index is 5.85. The lowest BCUT2D eigenvalue weighted by Gasteiger charge is -2.36. The van der Waals surface area contributed by atoms with Gasteiger partial charge in [0.15, 0.2) is 0 Å². The molecule has 6 rings (SSSR count). The fourth-order valence-electron chi connectivity index (χ4n) is 5.26. The first-order chi connectivity index (χ1) is 21.8. The van der Waals surface area contributed by atoms with Crippen LogP contribution in [0, 0.1) is 0 Å². The zero-order chi connectivity index (χ0) is 29.8. The predicted octanol–water partition coefficient (Wildman–Crippen LogP) is 5.10. The Morgan fingerprint density at radius 1 is 0.386 bits per heavy atom. The lowest BCUT2D eigenvalue weighted by atomic mass is 9.70. The summed E-state index contributed by atoms with van der Waals surface area (Å²) in [7, 11) is 0. The van der Waals surface area contributed by atoms with E-state index in [0.29, 0.717) is 77.8 Å². The molecule has 2 aliphatic rings. The predicted molar refractivity (Wildman–Crippen MR) is 164 cm³/mol. The Hall–Kier alpha value is -3.96. The first-order valence-electron chi connectivity index (χ1n) is 15.3. The van der Waals surface area contributed by atoms with E-state index in [1.165, 1.54) is 0 Å². The van der Waals surface area contributed by atoms with Crippen LogP contribution in [0.3, 0.4) is 0 Å². The standard InChI is InChI=1S/C34H38N4O6/c1-5-27-25-13-14-26(25)28-6-2-8-30(36-28)32-10-4-12-34(38-32)44-24-22-42-20-18-40-16-15-39-17-19-41-21-23-43-33-11-3-9-31(37-33)29(7-1)35-27/h1-12,25-26H,13-24H2. The van der Waals surface area contributed by atoms with Crippen molar-refractivity contribution in [2.24, 2.45) is 0 Å². The van der Waals surface area contributed by atoms with Crippen LogP contribution < -0.4 is 9.47 Å². The minimum atomic E-state index is 0.284. The molecule has 230 valence electrons. The Morgan fingerprint density at radius 3 is 1.11 bits per heavy atom. The minimum Gasteiger partial charge on any atom is -0.475 e.